The standard InChI is InChI=1S/C10H12Cl2N2.C10H13ClN2.ClH.I2.2HI.V/c1-14-4-2-3-9(14)7-5-8(11)10(12)13-6-7;1-13-4-2-3-10(13)8-5-9(11)7-12-6-8;;1-2;;;/h5-6,9H,2-4H2,1H3;5-7,10H,2-4H2,1H3;1H;;2*1H;/q;;;;;;+2/p-2/t9-;10-;;;;;/m00...../s1. The summed E-state index contributed by atoms with van der Waals surface area (Å²) < 4.78 is 0. The topological polar surface area (TPSA) is 32.3 Å². The number of halogens is 8. The molecule has 4 nitrogen and oxygen atoms in total. The van der Waals surface area contributed by atoms with Crippen LogP contribution in [0.25, 0.3) is 0 Å². The van der Waals surface area contributed by atoms with Gasteiger partial charge in [0, 0.05) is 67.9 Å². The second-order valence-corrected chi connectivity index (χ2v) is 20.3. The van der Waals surface area contributed by atoms with Crippen LogP contribution in [0.4, 0.5) is 0 Å². The van der Waals surface area contributed by atoms with E-state index in [4.69, 9.17) is 34.8 Å². The Morgan fingerprint density at radius 2 is 1.36 bits per heavy atom. The Morgan fingerprint density at radius 1 is 0.879 bits per heavy atom. The summed E-state index contributed by atoms with van der Waals surface area (Å²) in [5, 5.41) is 1.67. The predicted molar refractivity (Wildman–Crippen MR) is 176 cm³/mol. The number of aromatic nitrogens is 2. The van der Waals surface area contributed by atoms with Crippen LogP contribution < -0.4 is 0 Å². The van der Waals surface area contributed by atoms with Gasteiger partial charge in [-0.05, 0) is 76.1 Å². The van der Waals surface area contributed by atoms with Gasteiger partial charge in [-0.1, -0.05) is 34.8 Å². The summed E-state index contributed by atoms with van der Waals surface area (Å²) in [6.07, 6.45) is 10.3. The van der Waals surface area contributed by atoms with E-state index in [1.54, 1.807) is 6.20 Å². The van der Waals surface area contributed by atoms with E-state index in [1.165, 1.54) is 43.4 Å². The molecule has 2 aliphatic heterocycles. The molecule has 2 aromatic heterocycles. The first kappa shape index (κ1) is 35.9. The van der Waals surface area contributed by atoms with E-state index >= 15 is 0 Å². The minimum atomic E-state index is 0. The van der Waals surface area contributed by atoms with Crippen LogP contribution in [-0.4, -0.2) is 47.0 Å². The van der Waals surface area contributed by atoms with Crippen LogP contribution in [0.15, 0.2) is 30.7 Å². The van der Waals surface area contributed by atoms with Gasteiger partial charge < -0.3 is 0 Å². The van der Waals surface area contributed by atoms with Gasteiger partial charge in [0.1, 0.15) is 5.15 Å². The zero-order valence-electron chi connectivity index (χ0n) is 18.1. The minimum absolute atomic E-state index is 0. The molecular weight excluding hydrogens is 997 g/mol. The molecule has 0 aromatic carbocycles. The third-order valence-electron chi connectivity index (χ3n) is 5.35. The van der Waals surface area contributed by atoms with Crippen LogP contribution >= 0.6 is 124 Å². The molecule has 4 rings (SSSR count). The molecule has 0 N–H and O–H groups in total. The molecule has 2 saturated heterocycles. The Bertz CT molecular complexity index is 812. The fourth-order valence-corrected chi connectivity index (χ4v) is 4.35. The molecule has 2 aliphatic rings. The van der Waals surface area contributed by atoms with Gasteiger partial charge in [-0.25, -0.2) is 4.98 Å². The summed E-state index contributed by atoms with van der Waals surface area (Å²) in [7, 11) is 4.90. The summed E-state index contributed by atoms with van der Waals surface area (Å²) in [4.78, 5) is 12.8. The first-order chi connectivity index (χ1) is 15.4. The van der Waals surface area contributed by atoms with Crippen LogP contribution in [0.5, 0.6) is 0 Å². The number of hydrogen-bond acceptors (Lipinski definition) is 4. The fourth-order valence-electron chi connectivity index (χ4n) is 3.89. The zero-order valence-corrected chi connectivity index (χ0v) is 31.2. The second kappa shape index (κ2) is 20.8. The quantitative estimate of drug-likeness (QED) is 0.222. The molecule has 0 saturated carbocycles. The Morgan fingerprint density at radius 3 is 1.76 bits per heavy atom. The molecule has 2 atom stereocenters. The first-order valence-electron chi connectivity index (χ1n) is 9.75. The number of rotatable bonds is 2. The van der Waals surface area contributed by atoms with Crippen LogP contribution in [0, 0.1) is 0 Å². The van der Waals surface area contributed by atoms with Crippen molar-refractivity contribution in [3.63, 3.8) is 0 Å². The Hall–Kier alpha value is 2.88. The third-order valence-corrected chi connectivity index (χ3v) is 6.25. The monoisotopic (exact) mass is 1020 g/mol. The fraction of sp³-hybridized carbons (Fsp3) is 0.500. The van der Waals surface area contributed by atoms with Crippen molar-refractivity contribution >= 4 is 124 Å². The number of nitrogens with zero attached hydrogens (tertiary/aromatic N) is 4. The van der Waals surface area contributed by atoms with Gasteiger partial charge in [0.2, 0.25) is 0 Å². The van der Waals surface area contributed by atoms with E-state index in [0.29, 0.717) is 31.7 Å². The van der Waals surface area contributed by atoms with Crippen LogP contribution in [0.1, 0.15) is 48.9 Å². The van der Waals surface area contributed by atoms with Crippen molar-refractivity contribution in [1.29, 1.82) is 0 Å². The van der Waals surface area contributed by atoms with Crippen molar-refractivity contribution in [3.05, 3.63) is 57.0 Å². The van der Waals surface area contributed by atoms with E-state index in [-0.39, 0.29) is 12.4 Å². The Kier molecular flexibility index (Phi) is 22.6. The molecule has 187 valence electrons. The summed E-state index contributed by atoms with van der Waals surface area (Å²) in [5.41, 5.74) is 2.41. The first-order valence-corrected chi connectivity index (χ1v) is 26.2. The molecule has 0 aliphatic carbocycles. The average molecular weight is 1020 g/mol. The Balaban J connectivity index is 0.000000508. The molecule has 4 heterocycles. The number of pyridine rings is 2. The molecule has 0 spiro atoms. The summed E-state index contributed by atoms with van der Waals surface area (Å²) in [6.45, 7) is 2.32. The third kappa shape index (κ3) is 13.0. The van der Waals surface area contributed by atoms with E-state index in [2.05, 4.69) is 111 Å². The van der Waals surface area contributed by atoms with Crippen molar-refractivity contribution in [2.45, 2.75) is 37.8 Å². The van der Waals surface area contributed by atoms with Crippen molar-refractivity contribution in [2.24, 2.45) is 0 Å². The van der Waals surface area contributed by atoms with Gasteiger partial charge in [-0.2, -0.15) is 0 Å². The maximum atomic E-state index is 5.93. The zero-order chi connectivity index (χ0) is 24.1. The van der Waals surface area contributed by atoms with Crippen LogP contribution in [0.2, 0.25) is 15.2 Å². The van der Waals surface area contributed by atoms with Gasteiger partial charge in [0.05, 0.1) is 10.0 Å². The summed E-state index contributed by atoms with van der Waals surface area (Å²) in [5.74, 6) is 0. The number of likely N-dealkylation sites (tertiary alicyclic amines) is 2. The van der Waals surface area contributed by atoms with Crippen molar-refractivity contribution < 1.29 is 9.47 Å². The van der Waals surface area contributed by atoms with E-state index in [1.807, 2.05) is 24.5 Å². The van der Waals surface area contributed by atoms with Gasteiger partial charge in [0.25, 0.3) is 0 Å². The second-order valence-electron chi connectivity index (χ2n) is 7.32. The normalized spacial score (nSPS) is 19.7. The molecular formula is C20H26Cl4I4N4V. The van der Waals surface area contributed by atoms with E-state index in [9.17, 15) is 0 Å². The average Bonchev–Trinajstić information content (AvgIpc) is 3.41. The molecule has 0 radical (unpaired) electrons. The molecule has 2 aromatic rings. The molecule has 33 heavy (non-hydrogen) atoms. The predicted octanol–water partition coefficient (Wildman–Crippen LogP) is 9.62. The molecule has 2 fully saturated rings. The molecule has 0 amide bonds. The van der Waals surface area contributed by atoms with Crippen molar-refractivity contribution in [2.75, 3.05) is 27.2 Å². The van der Waals surface area contributed by atoms with E-state index < -0.39 is 0 Å². The molecule has 0 unspecified atom stereocenters. The van der Waals surface area contributed by atoms with Gasteiger partial charge in [-0.15, -0.1) is 12.4 Å². The summed E-state index contributed by atoms with van der Waals surface area (Å²) >= 11 is 26.6. The number of hydrogen-bond donors (Lipinski definition) is 0. The Labute approximate surface area is 271 Å². The molecule has 0 bridgehead atoms. The SMILES string of the molecule is CN1CCC[C@H]1c1cnc(Cl)c(Cl)c1.CN1CCC[C@H]1c1cncc(Cl)c1.Cl.II.[I][V][I]. The maximum absolute atomic E-state index is 5.93. The van der Waals surface area contributed by atoms with Crippen molar-refractivity contribution in [3.8, 4) is 0 Å². The van der Waals surface area contributed by atoms with Crippen LogP contribution in [0.3, 0.4) is 0 Å². The van der Waals surface area contributed by atoms with E-state index in [0.717, 1.165) is 11.6 Å². The van der Waals surface area contributed by atoms with Crippen molar-refractivity contribution in [1.82, 2.24) is 19.8 Å². The van der Waals surface area contributed by atoms with Crippen LogP contribution in [-0.2, 0) is 9.47 Å². The summed E-state index contributed by atoms with van der Waals surface area (Å²) in [6, 6.07) is 4.91. The van der Waals surface area contributed by atoms with Gasteiger partial charge >= 0.3 is 49.4 Å². The molecule has 13 heteroatoms. The van der Waals surface area contributed by atoms with Gasteiger partial charge in [0.15, 0.2) is 0 Å². The van der Waals surface area contributed by atoms with Gasteiger partial charge in [-0.3, -0.25) is 14.8 Å².